The summed E-state index contributed by atoms with van der Waals surface area (Å²) in [5.41, 5.74) is 4.32. The number of hydrogen-bond donors (Lipinski definition) is 1. The van der Waals surface area contributed by atoms with Crippen molar-refractivity contribution in [3.8, 4) is 11.5 Å². The molecule has 0 aliphatic heterocycles. The number of benzene rings is 2. The van der Waals surface area contributed by atoms with Crippen molar-refractivity contribution in [1.82, 2.24) is 4.98 Å². The maximum atomic E-state index is 11.2. The molecule has 10 heteroatoms. The molecule has 1 N–H and O–H groups in total. The summed E-state index contributed by atoms with van der Waals surface area (Å²) in [7, 11) is 3.18. The van der Waals surface area contributed by atoms with E-state index in [0.29, 0.717) is 22.2 Å². The van der Waals surface area contributed by atoms with Crippen LogP contribution in [0.25, 0.3) is 0 Å². The monoisotopic (exact) mass is 430 g/mol. The van der Waals surface area contributed by atoms with E-state index in [1.165, 1.54) is 35.2 Å². The zero-order chi connectivity index (χ0) is 20.8. The van der Waals surface area contributed by atoms with Gasteiger partial charge in [-0.1, -0.05) is 11.8 Å². The molecule has 1 heterocycles. The maximum absolute atomic E-state index is 11.2. The van der Waals surface area contributed by atoms with Gasteiger partial charge in [0.1, 0.15) is 11.5 Å². The van der Waals surface area contributed by atoms with E-state index in [-0.39, 0.29) is 5.69 Å². The number of nitrogens with zero attached hydrogens (tertiary/aromatic N) is 3. The highest BCUT2D eigenvalue weighted by Gasteiger charge is 2.14. The molecule has 0 spiro atoms. The van der Waals surface area contributed by atoms with Crippen molar-refractivity contribution in [3.05, 3.63) is 63.1 Å². The number of nitro groups is 1. The van der Waals surface area contributed by atoms with Crippen molar-refractivity contribution in [2.45, 2.75) is 16.7 Å². The molecule has 0 radical (unpaired) electrons. The Bertz CT molecular complexity index is 1050. The number of anilines is 1. The summed E-state index contributed by atoms with van der Waals surface area (Å²) < 4.78 is 10.7. The van der Waals surface area contributed by atoms with E-state index in [2.05, 4.69) is 15.5 Å². The van der Waals surface area contributed by atoms with Gasteiger partial charge < -0.3 is 9.47 Å². The topological polar surface area (TPSA) is 98.9 Å². The first kappa shape index (κ1) is 20.6. The Morgan fingerprint density at radius 2 is 2.03 bits per heavy atom. The number of nitrogens with one attached hydrogen (secondary N) is 1. The normalized spacial score (nSPS) is 10.9. The average Bonchev–Trinajstić information content (AvgIpc) is 3.13. The number of hydrazone groups is 1. The Morgan fingerprint density at radius 1 is 1.21 bits per heavy atom. The van der Waals surface area contributed by atoms with Crippen LogP contribution >= 0.6 is 23.1 Å². The van der Waals surface area contributed by atoms with Crippen molar-refractivity contribution in [2.24, 2.45) is 5.10 Å². The van der Waals surface area contributed by atoms with Gasteiger partial charge >= 0.3 is 0 Å². The first-order valence-electron chi connectivity index (χ1n) is 8.39. The van der Waals surface area contributed by atoms with Crippen LogP contribution in [-0.2, 0) is 0 Å². The number of methoxy groups -OCH3 is 2. The number of aromatic nitrogens is 1. The van der Waals surface area contributed by atoms with Crippen LogP contribution in [0.15, 0.2) is 56.7 Å². The van der Waals surface area contributed by atoms with Crippen LogP contribution in [0.3, 0.4) is 0 Å². The van der Waals surface area contributed by atoms with Crippen LogP contribution in [0, 0.1) is 17.0 Å². The predicted molar refractivity (Wildman–Crippen MR) is 115 cm³/mol. The quantitative estimate of drug-likeness (QED) is 0.306. The molecule has 150 valence electrons. The van der Waals surface area contributed by atoms with Crippen molar-refractivity contribution < 1.29 is 14.4 Å². The second kappa shape index (κ2) is 9.39. The van der Waals surface area contributed by atoms with Gasteiger partial charge in [-0.3, -0.25) is 15.5 Å². The van der Waals surface area contributed by atoms with Crippen LogP contribution in [0.1, 0.15) is 11.3 Å². The number of non-ortho nitro benzene ring substituents is 1. The Morgan fingerprint density at radius 3 is 2.69 bits per heavy atom. The average molecular weight is 431 g/mol. The molecule has 0 unspecified atom stereocenters. The molecule has 0 fully saturated rings. The number of nitro benzene ring substituents is 1. The van der Waals surface area contributed by atoms with Gasteiger partial charge in [0.25, 0.3) is 5.69 Å². The van der Waals surface area contributed by atoms with Crippen LogP contribution in [-0.4, -0.2) is 30.3 Å². The minimum Gasteiger partial charge on any atom is -0.497 e. The summed E-state index contributed by atoms with van der Waals surface area (Å²) in [6.07, 6.45) is 1.54. The molecule has 1 aromatic heterocycles. The number of ether oxygens (including phenoxy) is 2. The summed E-state index contributed by atoms with van der Waals surface area (Å²) >= 11 is 2.83. The van der Waals surface area contributed by atoms with Gasteiger partial charge in [-0.15, -0.1) is 11.3 Å². The van der Waals surface area contributed by atoms with Crippen LogP contribution in [0.5, 0.6) is 11.5 Å². The fourth-order valence-electron chi connectivity index (χ4n) is 2.39. The number of rotatable bonds is 8. The Balaban J connectivity index is 1.92. The smallest absolute Gasteiger partial charge is 0.270 e. The Labute approximate surface area is 175 Å². The molecule has 8 nitrogen and oxygen atoms in total. The molecule has 29 heavy (non-hydrogen) atoms. The molecule has 0 aliphatic rings. The van der Waals surface area contributed by atoms with Crippen molar-refractivity contribution in [3.63, 3.8) is 0 Å². The van der Waals surface area contributed by atoms with Gasteiger partial charge in [0.15, 0.2) is 0 Å². The first-order chi connectivity index (χ1) is 14.0. The largest absolute Gasteiger partial charge is 0.497 e. The Hall–Kier alpha value is -3.11. The molecule has 0 saturated carbocycles. The molecule has 0 atom stereocenters. The lowest BCUT2D eigenvalue weighted by Crippen LogP contribution is -1.96. The fraction of sp³-hybridized carbons (Fsp3) is 0.158. The van der Waals surface area contributed by atoms with E-state index in [4.69, 9.17) is 9.47 Å². The molecular weight excluding hydrogens is 412 g/mol. The number of thiazole rings is 1. The fourth-order valence-corrected chi connectivity index (χ4v) is 4.05. The van der Waals surface area contributed by atoms with Crippen LogP contribution in [0.4, 0.5) is 10.8 Å². The van der Waals surface area contributed by atoms with Gasteiger partial charge in [0.2, 0.25) is 5.13 Å². The Kier molecular flexibility index (Phi) is 6.68. The highest BCUT2D eigenvalue weighted by atomic mass is 32.2. The van der Waals surface area contributed by atoms with Crippen molar-refractivity contribution in [1.29, 1.82) is 0 Å². The summed E-state index contributed by atoms with van der Waals surface area (Å²) in [5.74, 6) is 1.36. The second-order valence-corrected chi connectivity index (χ2v) is 7.70. The minimum atomic E-state index is -0.435. The lowest BCUT2D eigenvalue weighted by molar-refractivity contribution is -0.384. The van der Waals surface area contributed by atoms with Gasteiger partial charge in [-0.25, -0.2) is 4.98 Å². The summed E-state index contributed by atoms with van der Waals surface area (Å²) in [6.45, 7) is 1.89. The summed E-state index contributed by atoms with van der Waals surface area (Å²) in [4.78, 5) is 16.6. The maximum Gasteiger partial charge on any atom is 0.270 e. The zero-order valence-corrected chi connectivity index (χ0v) is 17.5. The summed E-state index contributed by atoms with van der Waals surface area (Å²) in [5, 5.41) is 17.9. The molecule has 0 amide bonds. The van der Waals surface area contributed by atoms with Gasteiger partial charge in [0.05, 0.1) is 35.9 Å². The first-order valence-corrected chi connectivity index (χ1v) is 10.1. The summed E-state index contributed by atoms with van der Waals surface area (Å²) in [6, 6.07) is 10.1. The highest BCUT2D eigenvalue weighted by Crippen LogP contribution is 2.39. The highest BCUT2D eigenvalue weighted by molar-refractivity contribution is 7.99. The van der Waals surface area contributed by atoms with Crippen molar-refractivity contribution >= 4 is 40.1 Å². The molecule has 3 aromatic rings. The van der Waals surface area contributed by atoms with Gasteiger partial charge in [-0.05, 0) is 31.2 Å². The molecule has 2 aromatic carbocycles. The number of aryl methyl sites for hydroxylation is 1. The third-order valence-corrected chi connectivity index (χ3v) is 5.77. The van der Waals surface area contributed by atoms with E-state index in [0.717, 1.165) is 15.5 Å². The SMILES string of the molecule is COc1ccc(OC)c(Sc2ccc([N+](=O)[O-])cc2C=NNc2nc(C)cs2)c1. The van der Waals surface area contributed by atoms with Gasteiger partial charge in [-0.2, -0.15) is 5.10 Å². The van der Waals surface area contributed by atoms with Crippen LogP contribution < -0.4 is 14.9 Å². The van der Waals surface area contributed by atoms with E-state index in [1.807, 2.05) is 24.4 Å². The van der Waals surface area contributed by atoms with Crippen LogP contribution in [0.2, 0.25) is 0 Å². The third kappa shape index (κ3) is 5.24. The lowest BCUT2D eigenvalue weighted by atomic mass is 10.2. The molecule has 3 rings (SSSR count). The molecule has 0 saturated heterocycles. The van der Waals surface area contributed by atoms with E-state index >= 15 is 0 Å². The number of hydrogen-bond acceptors (Lipinski definition) is 9. The predicted octanol–water partition coefficient (Wildman–Crippen LogP) is 4.97. The molecule has 0 bridgehead atoms. The minimum absolute atomic E-state index is 0.0153. The van der Waals surface area contributed by atoms with E-state index in [9.17, 15) is 10.1 Å². The molecular formula is C19H18N4O4S2. The zero-order valence-electron chi connectivity index (χ0n) is 15.9. The molecule has 0 aliphatic carbocycles. The van der Waals surface area contributed by atoms with Crippen molar-refractivity contribution in [2.75, 3.05) is 19.6 Å². The third-order valence-electron chi connectivity index (χ3n) is 3.78. The van der Waals surface area contributed by atoms with E-state index < -0.39 is 4.92 Å². The lowest BCUT2D eigenvalue weighted by Gasteiger charge is -2.11. The van der Waals surface area contributed by atoms with Gasteiger partial charge in [0, 0.05) is 28.0 Å². The standard InChI is InChI=1S/C19H18N4O4S2/c1-12-11-28-19(21-12)22-20-10-13-8-14(23(24)25)4-7-17(13)29-18-9-15(26-2)5-6-16(18)27-3/h4-11H,1-3H3,(H,21,22). The van der Waals surface area contributed by atoms with E-state index in [1.54, 1.807) is 32.6 Å². The second-order valence-electron chi connectivity index (χ2n) is 5.76.